The van der Waals surface area contributed by atoms with E-state index in [2.05, 4.69) is 16.0 Å². The summed E-state index contributed by atoms with van der Waals surface area (Å²) in [5, 5.41) is 19.2. The maximum Gasteiger partial charge on any atom is 0.407 e. The van der Waals surface area contributed by atoms with Gasteiger partial charge in [-0.3, -0.25) is 14.9 Å². The SMILES string of the molecule is CC(=O)OCCNC(=O)OCC1NC(=S)NC(C)=C1C(=O)OCCc1cccc([N+](=O)[O-])c1. The summed E-state index contributed by atoms with van der Waals surface area (Å²) < 4.78 is 15.2. The minimum Gasteiger partial charge on any atom is -0.464 e. The molecule has 2 rings (SSSR count). The van der Waals surface area contributed by atoms with Crippen LogP contribution in [0.5, 0.6) is 0 Å². The molecule has 1 aromatic carbocycles. The first kappa shape index (κ1) is 25.5. The van der Waals surface area contributed by atoms with Gasteiger partial charge in [0.25, 0.3) is 5.69 Å². The smallest absolute Gasteiger partial charge is 0.407 e. The Kier molecular flexibility index (Phi) is 9.54. The number of nitrogens with zero attached hydrogens (tertiary/aromatic N) is 1. The number of ether oxygens (including phenoxy) is 3. The van der Waals surface area contributed by atoms with E-state index in [9.17, 15) is 24.5 Å². The highest BCUT2D eigenvalue weighted by atomic mass is 32.1. The minimum atomic E-state index is -0.760. The summed E-state index contributed by atoms with van der Waals surface area (Å²) in [7, 11) is 0. The summed E-state index contributed by atoms with van der Waals surface area (Å²) in [4.78, 5) is 45.6. The first-order chi connectivity index (χ1) is 15.7. The van der Waals surface area contributed by atoms with Crippen LogP contribution in [0.25, 0.3) is 0 Å². The molecule has 1 amide bonds. The number of amides is 1. The predicted octanol–water partition coefficient (Wildman–Crippen LogP) is 1.09. The number of nitro groups is 1. The second-order valence-corrected chi connectivity index (χ2v) is 7.28. The van der Waals surface area contributed by atoms with E-state index in [4.69, 9.17) is 26.4 Å². The van der Waals surface area contributed by atoms with Crippen molar-refractivity contribution in [2.45, 2.75) is 26.3 Å². The molecule has 3 N–H and O–H groups in total. The summed E-state index contributed by atoms with van der Waals surface area (Å²) in [6, 6.07) is 5.30. The Morgan fingerprint density at radius 2 is 1.97 bits per heavy atom. The number of nitro benzene ring substituents is 1. The van der Waals surface area contributed by atoms with E-state index in [1.54, 1.807) is 19.1 Å². The maximum absolute atomic E-state index is 12.7. The molecule has 1 aliphatic rings. The maximum atomic E-state index is 12.7. The normalized spacial score (nSPS) is 15.1. The summed E-state index contributed by atoms with van der Waals surface area (Å²) in [6.07, 6.45) is -0.477. The predicted molar refractivity (Wildman–Crippen MR) is 119 cm³/mol. The first-order valence-electron chi connectivity index (χ1n) is 9.90. The summed E-state index contributed by atoms with van der Waals surface area (Å²) in [5.41, 5.74) is 1.25. The van der Waals surface area contributed by atoms with Crippen molar-refractivity contribution in [3.05, 3.63) is 51.2 Å². The van der Waals surface area contributed by atoms with Crippen molar-refractivity contribution in [2.24, 2.45) is 0 Å². The molecule has 33 heavy (non-hydrogen) atoms. The van der Waals surface area contributed by atoms with Gasteiger partial charge in [-0.2, -0.15) is 0 Å². The van der Waals surface area contributed by atoms with Crippen LogP contribution in [0.3, 0.4) is 0 Å². The Morgan fingerprint density at radius 3 is 2.67 bits per heavy atom. The van der Waals surface area contributed by atoms with Gasteiger partial charge in [0.1, 0.15) is 13.2 Å². The number of hydrogen-bond acceptors (Lipinski definition) is 9. The van der Waals surface area contributed by atoms with Gasteiger partial charge < -0.3 is 30.2 Å². The first-order valence-corrected chi connectivity index (χ1v) is 10.3. The molecule has 1 aromatic rings. The lowest BCUT2D eigenvalue weighted by atomic mass is 10.0. The average Bonchev–Trinajstić information content (AvgIpc) is 2.74. The van der Waals surface area contributed by atoms with Crippen LogP contribution in [0.2, 0.25) is 0 Å². The molecule has 0 aromatic heterocycles. The molecule has 1 unspecified atom stereocenters. The van der Waals surface area contributed by atoms with E-state index in [0.29, 0.717) is 11.3 Å². The van der Waals surface area contributed by atoms with Crippen molar-refractivity contribution in [3.63, 3.8) is 0 Å². The van der Waals surface area contributed by atoms with Gasteiger partial charge in [-0.1, -0.05) is 12.1 Å². The van der Waals surface area contributed by atoms with Gasteiger partial charge in [0.2, 0.25) is 0 Å². The van der Waals surface area contributed by atoms with E-state index in [1.807, 2.05) is 0 Å². The van der Waals surface area contributed by atoms with Crippen LogP contribution >= 0.6 is 12.2 Å². The second-order valence-electron chi connectivity index (χ2n) is 6.87. The van der Waals surface area contributed by atoms with Crippen LogP contribution < -0.4 is 16.0 Å². The van der Waals surface area contributed by atoms with Crippen LogP contribution in [0, 0.1) is 10.1 Å². The average molecular weight is 480 g/mol. The molecule has 13 heteroatoms. The number of carbonyl (C=O) groups excluding carboxylic acids is 3. The van der Waals surface area contributed by atoms with Gasteiger partial charge in [-0.25, -0.2) is 9.59 Å². The number of hydrogen-bond donors (Lipinski definition) is 3. The third kappa shape index (κ3) is 8.37. The van der Waals surface area contributed by atoms with Crippen molar-refractivity contribution in [1.29, 1.82) is 0 Å². The lowest BCUT2D eigenvalue weighted by Crippen LogP contribution is -2.52. The number of allylic oxidation sites excluding steroid dienone is 1. The highest BCUT2D eigenvalue weighted by Gasteiger charge is 2.30. The zero-order chi connectivity index (χ0) is 24.4. The second kappa shape index (κ2) is 12.3. The summed E-state index contributed by atoms with van der Waals surface area (Å²) in [6.45, 7) is 2.73. The molecule has 1 heterocycles. The minimum absolute atomic E-state index is 0.00127. The van der Waals surface area contributed by atoms with Crippen molar-refractivity contribution in [3.8, 4) is 0 Å². The monoisotopic (exact) mass is 480 g/mol. The van der Waals surface area contributed by atoms with Crippen molar-refractivity contribution < 1.29 is 33.5 Å². The zero-order valence-corrected chi connectivity index (χ0v) is 18.9. The van der Waals surface area contributed by atoms with Gasteiger partial charge in [0.05, 0.1) is 29.7 Å². The Hall–Kier alpha value is -3.74. The number of rotatable bonds is 10. The number of nitrogens with one attached hydrogen (secondary N) is 3. The van der Waals surface area contributed by atoms with Gasteiger partial charge in [-0.15, -0.1) is 0 Å². The summed E-state index contributed by atoms with van der Waals surface area (Å²) >= 11 is 5.11. The van der Waals surface area contributed by atoms with Gasteiger partial charge in [0, 0.05) is 31.2 Å². The Bertz CT molecular complexity index is 965. The fourth-order valence-electron chi connectivity index (χ4n) is 2.91. The van der Waals surface area contributed by atoms with E-state index < -0.39 is 29.0 Å². The highest BCUT2D eigenvalue weighted by Crippen LogP contribution is 2.16. The molecule has 0 spiro atoms. The molecule has 0 bridgehead atoms. The fourth-order valence-corrected chi connectivity index (χ4v) is 3.20. The van der Waals surface area contributed by atoms with Crippen LogP contribution in [0.4, 0.5) is 10.5 Å². The number of alkyl carbamates (subject to hydrolysis) is 1. The number of non-ortho nitro benzene ring substituents is 1. The molecule has 0 fully saturated rings. The third-order valence-electron chi connectivity index (χ3n) is 4.38. The standard InChI is InChI=1S/C20H24N4O8S/c1-12-17(18(26)31-8-6-14-4-3-5-15(10-14)24(28)29)16(23-19(33)22-12)11-32-20(27)21-7-9-30-13(2)25/h3-5,10,16H,6-9,11H2,1-2H3,(H,21,27)(H2,22,23,33). The quantitative estimate of drug-likeness (QED) is 0.110. The van der Waals surface area contributed by atoms with Crippen LogP contribution in [-0.2, 0) is 30.2 Å². The van der Waals surface area contributed by atoms with Gasteiger partial charge >= 0.3 is 18.0 Å². The fraction of sp³-hybridized carbons (Fsp3) is 0.400. The van der Waals surface area contributed by atoms with E-state index in [0.717, 1.165) is 0 Å². The molecule has 0 saturated heterocycles. The molecular formula is C20H24N4O8S. The molecule has 0 aliphatic carbocycles. The Balaban J connectivity index is 1.91. The molecule has 0 saturated carbocycles. The lowest BCUT2D eigenvalue weighted by molar-refractivity contribution is -0.384. The van der Waals surface area contributed by atoms with Gasteiger partial charge in [0.15, 0.2) is 5.11 Å². The van der Waals surface area contributed by atoms with Crippen molar-refractivity contribution in [1.82, 2.24) is 16.0 Å². The lowest BCUT2D eigenvalue weighted by Gasteiger charge is -2.29. The molecule has 1 atom stereocenters. The van der Waals surface area contributed by atoms with Crippen molar-refractivity contribution in [2.75, 3.05) is 26.4 Å². The summed E-state index contributed by atoms with van der Waals surface area (Å²) in [5.74, 6) is -1.11. The largest absolute Gasteiger partial charge is 0.464 e. The third-order valence-corrected chi connectivity index (χ3v) is 4.60. The van der Waals surface area contributed by atoms with Crippen LogP contribution in [-0.4, -0.2) is 60.5 Å². The van der Waals surface area contributed by atoms with E-state index in [1.165, 1.54) is 19.1 Å². The van der Waals surface area contributed by atoms with Crippen LogP contribution in [0.15, 0.2) is 35.5 Å². The van der Waals surface area contributed by atoms with Gasteiger partial charge in [-0.05, 0) is 24.7 Å². The molecule has 1 aliphatic heterocycles. The zero-order valence-electron chi connectivity index (χ0n) is 18.0. The molecule has 12 nitrogen and oxygen atoms in total. The van der Waals surface area contributed by atoms with E-state index in [-0.39, 0.29) is 49.2 Å². The van der Waals surface area contributed by atoms with E-state index >= 15 is 0 Å². The number of carbonyl (C=O) groups is 3. The molecule has 178 valence electrons. The molecular weight excluding hydrogens is 456 g/mol. The van der Waals surface area contributed by atoms with Crippen LogP contribution in [0.1, 0.15) is 19.4 Å². The number of thiocarbonyl (C=S) groups is 1. The molecule has 0 radical (unpaired) electrons. The highest BCUT2D eigenvalue weighted by molar-refractivity contribution is 7.80. The Morgan fingerprint density at radius 1 is 1.21 bits per heavy atom. The topological polar surface area (TPSA) is 158 Å². The van der Waals surface area contributed by atoms with Crippen molar-refractivity contribution >= 4 is 41.0 Å². The number of esters is 2. The number of benzene rings is 1. The Labute approximate surface area is 194 Å².